The van der Waals surface area contributed by atoms with Crippen LogP contribution in [0.1, 0.15) is 25.0 Å². The summed E-state index contributed by atoms with van der Waals surface area (Å²) >= 11 is 0. The zero-order valence-electron chi connectivity index (χ0n) is 11.1. The standard InChI is InChI=1S/C14H21NO2/c1-5-13-8-12(6-7-14(13)17-4)10-15(3)9-11(2)16/h6-8H,5,9-10H2,1-4H3. The van der Waals surface area contributed by atoms with Crippen molar-refractivity contribution in [3.63, 3.8) is 0 Å². The first kappa shape index (κ1) is 13.7. The van der Waals surface area contributed by atoms with E-state index in [-0.39, 0.29) is 5.78 Å². The van der Waals surface area contributed by atoms with Crippen molar-refractivity contribution in [3.05, 3.63) is 29.3 Å². The molecule has 0 aliphatic heterocycles. The van der Waals surface area contributed by atoms with Crippen molar-refractivity contribution in [2.45, 2.75) is 26.8 Å². The van der Waals surface area contributed by atoms with Crippen LogP contribution in [-0.4, -0.2) is 31.4 Å². The normalized spacial score (nSPS) is 10.6. The number of ketones is 1. The molecule has 0 amide bonds. The summed E-state index contributed by atoms with van der Waals surface area (Å²) in [5.74, 6) is 1.13. The number of hydrogen-bond acceptors (Lipinski definition) is 3. The Bertz CT molecular complexity index is 388. The Labute approximate surface area is 103 Å². The van der Waals surface area contributed by atoms with Crippen LogP contribution in [-0.2, 0) is 17.8 Å². The fraction of sp³-hybridized carbons (Fsp3) is 0.500. The van der Waals surface area contributed by atoms with E-state index >= 15 is 0 Å². The lowest BCUT2D eigenvalue weighted by Gasteiger charge is -2.16. The topological polar surface area (TPSA) is 29.5 Å². The smallest absolute Gasteiger partial charge is 0.143 e. The Morgan fingerprint density at radius 2 is 2.12 bits per heavy atom. The molecule has 0 atom stereocenters. The van der Waals surface area contributed by atoms with Crippen molar-refractivity contribution in [2.75, 3.05) is 20.7 Å². The molecule has 0 aliphatic rings. The van der Waals surface area contributed by atoms with Gasteiger partial charge in [-0.05, 0) is 37.6 Å². The first-order valence-electron chi connectivity index (χ1n) is 5.90. The maximum atomic E-state index is 11.0. The molecule has 3 nitrogen and oxygen atoms in total. The molecule has 0 saturated heterocycles. The minimum atomic E-state index is 0.191. The summed E-state index contributed by atoms with van der Waals surface area (Å²) in [5.41, 5.74) is 2.42. The Morgan fingerprint density at radius 1 is 1.41 bits per heavy atom. The maximum absolute atomic E-state index is 11.0. The van der Waals surface area contributed by atoms with Crippen LogP contribution in [0, 0.1) is 0 Å². The van der Waals surface area contributed by atoms with Gasteiger partial charge in [0.1, 0.15) is 11.5 Å². The predicted molar refractivity (Wildman–Crippen MR) is 69.4 cm³/mol. The number of carbonyl (C=O) groups is 1. The molecule has 0 unspecified atom stereocenters. The van der Waals surface area contributed by atoms with Crippen molar-refractivity contribution in [1.82, 2.24) is 4.90 Å². The van der Waals surface area contributed by atoms with Crippen LogP contribution >= 0.6 is 0 Å². The zero-order chi connectivity index (χ0) is 12.8. The number of benzene rings is 1. The molecular weight excluding hydrogens is 214 g/mol. The molecule has 3 heteroatoms. The minimum Gasteiger partial charge on any atom is -0.496 e. The van der Waals surface area contributed by atoms with Crippen molar-refractivity contribution in [1.29, 1.82) is 0 Å². The molecular formula is C14H21NO2. The molecule has 1 aromatic rings. The molecule has 0 aromatic heterocycles. The van der Waals surface area contributed by atoms with Gasteiger partial charge in [-0.3, -0.25) is 9.69 Å². The maximum Gasteiger partial charge on any atom is 0.143 e. The second-order valence-corrected chi connectivity index (χ2v) is 4.37. The SMILES string of the molecule is CCc1cc(CN(C)CC(C)=O)ccc1OC. The quantitative estimate of drug-likeness (QED) is 0.757. The molecule has 1 aromatic carbocycles. The molecule has 17 heavy (non-hydrogen) atoms. The van der Waals surface area contributed by atoms with E-state index in [0.717, 1.165) is 18.7 Å². The lowest BCUT2D eigenvalue weighted by molar-refractivity contribution is -0.117. The van der Waals surface area contributed by atoms with E-state index in [1.54, 1.807) is 14.0 Å². The van der Waals surface area contributed by atoms with E-state index in [1.807, 2.05) is 18.0 Å². The minimum absolute atomic E-state index is 0.191. The highest BCUT2D eigenvalue weighted by molar-refractivity contribution is 5.77. The third-order valence-electron chi connectivity index (χ3n) is 2.67. The summed E-state index contributed by atoms with van der Waals surface area (Å²) in [6.07, 6.45) is 0.952. The van der Waals surface area contributed by atoms with Gasteiger partial charge in [0.15, 0.2) is 0 Å². The fourth-order valence-corrected chi connectivity index (χ4v) is 1.95. The number of ether oxygens (including phenoxy) is 1. The number of Topliss-reactive ketones (excluding diaryl/α,β-unsaturated/α-hetero) is 1. The molecule has 0 radical (unpaired) electrons. The van der Waals surface area contributed by atoms with Crippen LogP contribution in [0.5, 0.6) is 5.75 Å². The first-order chi connectivity index (χ1) is 8.06. The Balaban J connectivity index is 2.75. The molecule has 0 heterocycles. The molecule has 0 fully saturated rings. The van der Waals surface area contributed by atoms with Gasteiger partial charge < -0.3 is 4.74 Å². The third kappa shape index (κ3) is 4.19. The van der Waals surface area contributed by atoms with Gasteiger partial charge in [-0.25, -0.2) is 0 Å². The summed E-state index contributed by atoms with van der Waals surface area (Å²) in [7, 11) is 3.65. The van der Waals surface area contributed by atoms with Crippen LogP contribution in [0.25, 0.3) is 0 Å². The second kappa shape index (κ2) is 6.40. The van der Waals surface area contributed by atoms with Crippen molar-refractivity contribution < 1.29 is 9.53 Å². The Morgan fingerprint density at radius 3 is 2.65 bits per heavy atom. The van der Waals surface area contributed by atoms with Gasteiger partial charge in [-0.2, -0.15) is 0 Å². The summed E-state index contributed by atoms with van der Waals surface area (Å²) in [5, 5.41) is 0. The number of methoxy groups -OCH3 is 1. The van der Waals surface area contributed by atoms with E-state index in [1.165, 1.54) is 11.1 Å². The highest BCUT2D eigenvalue weighted by Gasteiger charge is 2.06. The fourth-order valence-electron chi connectivity index (χ4n) is 1.95. The van der Waals surface area contributed by atoms with Crippen molar-refractivity contribution >= 4 is 5.78 Å². The predicted octanol–water partition coefficient (Wildman–Crippen LogP) is 2.28. The Hall–Kier alpha value is -1.35. The highest BCUT2D eigenvalue weighted by Crippen LogP contribution is 2.20. The van der Waals surface area contributed by atoms with Gasteiger partial charge in [-0.1, -0.05) is 19.1 Å². The molecule has 0 N–H and O–H groups in total. The van der Waals surface area contributed by atoms with E-state index in [9.17, 15) is 4.79 Å². The number of hydrogen-bond donors (Lipinski definition) is 0. The van der Waals surface area contributed by atoms with Gasteiger partial charge in [0.25, 0.3) is 0 Å². The monoisotopic (exact) mass is 235 g/mol. The summed E-state index contributed by atoms with van der Waals surface area (Å²) in [6.45, 7) is 5.01. The van der Waals surface area contributed by atoms with Crippen LogP contribution in [0.4, 0.5) is 0 Å². The number of aryl methyl sites for hydroxylation is 1. The highest BCUT2D eigenvalue weighted by atomic mass is 16.5. The van der Waals surface area contributed by atoms with E-state index in [2.05, 4.69) is 19.1 Å². The van der Waals surface area contributed by atoms with Crippen LogP contribution in [0.3, 0.4) is 0 Å². The van der Waals surface area contributed by atoms with Crippen molar-refractivity contribution in [3.8, 4) is 5.75 Å². The molecule has 0 bridgehead atoms. The summed E-state index contributed by atoms with van der Waals surface area (Å²) in [6, 6.07) is 6.19. The number of carbonyl (C=O) groups excluding carboxylic acids is 1. The van der Waals surface area contributed by atoms with Gasteiger partial charge in [0.05, 0.1) is 13.7 Å². The van der Waals surface area contributed by atoms with E-state index < -0.39 is 0 Å². The summed E-state index contributed by atoms with van der Waals surface area (Å²) < 4.78 is 5.29. The van der Waals surface area contributed by atoms with Gasteiger partial charge in [0.2, 0.25) is 0 Å². The lowest BCUT2D eigenvalue weighted by atomic mass is 10.1. The lowest BCUT2D eigenvalue weighted by Crippen LogP contribution is -2.23. The zero-order valence-corrected chi connectivity index (χ0v) is 11.1. The Kier molecular flexibility index (Phi) is 5.16. The molecule has 1 rings (SSSR count). The van der Waals surface area contributed by atoms with Gasteiger partial charge >= 0.3 is 0 Å². The molecule has 0 spiro atoms. The largest absolute Gasteiger partial charge is 0.496 e. The average Bonchev–Trinajstić information content (AvgIpc) is 2.27. The summed E-state index contributed by atoms with van der Waals surface area (Å²) in [4.78, 5) is 13.0. The van der Waals surface area contributed by atoms with Crippen LogP contribution < -0.4 is 4.74 Å². The van der Waals surface area contributed by atoms with E-state index in [4.69, 9.17) is 4.74 Å². The van der Waals surface area contributed by atoms with Crippen molar-refractivity contribution in [2.24, 2.45) is 0 Å². The molecule has 0 saturated carbocycles. The molecule has 0 aliphatic carbocycles. The second-order valence-electron chi connectivity index (χ2n) is 4.37. The van der Waals surface area contributed by atoms with Gasteiger partial charge in [-0.15, -0.1) is 0 Å². The first-order valence-corrected chi connectivity index (χ1v) is 5.90. The average molecular weight is 235 g/mol. The molecule has 94 valence electrons. The number of rotatable bonds is 6. The van der Waals surface area contributed by atoms with Gasteiger partial charge in [0, 0.05) is 6.54 Å². The number of nitrogens with zero attached hydrogens (tertiary/aromatic N) is 1. The van der Waals surface area contributed by atoms with E-state index in [0.29, 0.717) is 6.54 Å². The van der Waals surface area contributed by atoms with Crippen LogP contribution in [0.15, 0.2) is 18.2 Å². The van der Waals surface area contributed by atoms with Crippen LogP contribution in [0.2, 0.25) is 0 Å². The number of likely N-dealkylation sites (N-methyl/N-ethyl adjacent to an activating group) is 1. The third-order valence-corrected chi connectivity index (χ3v) is 2.67.